The van der Waals surface area contributed by atoms with Gasteiger partial charge in [-0.25, -0.2) is 13.8 Å². The maximum atomic E-state index is 15.1. The van der Waals surface area contributed by atoms with E-state index in [9.17, 15) is 9.36 Å². The lowest BCUT2D eigenvalue weighted by molar-refractivity contribution is -0.134. The minimum Gasteiger partial charge on any atom is -0.383 e. The zero-order valence-electron chi connectivity index (χ0n) is 13.5. The molecule has 0 bridgehead atoms. The minimum absolute atomic E-state index is 0.0108. The average molecular weight is 442 g/mol. The summed E-state index contributed by atoms with van der Waals surface area (Å²) in [6.45, 7) is 3.08. The fourth-order valence-electron chi connectivity index (χ4n) is 2.73. The number of hydrogen-bond donors (Lipinski definition) is 1. The van der Waals surface area contributed by atoms with Gasteiger partial charge in [-0.05, 0) is 19.9 Å². The molecule has 3 heterocycles. The van der Waals surface area contributed by atoms with Gasteiger partial charge in [0.25, 0.3) is 0 Å². The summed E-state index contributed by atoms with van der Waals surface area (Å²) in [7, 11) is -3.93. The van der Waals surface area contributed by atoms with Gasteiger partial charge in [-0.15, -0.1) is 0 Å². The Kier molecular flexibility index (Phi) is 5.08. The van der Waals surface area contributed by atoms with Crippen LogP contribution in [0.5, 0.6) is 0 Å². The van der Waals surface area contributed by atoms with Crippen LogP contribution < -0.4 is 11.4 Å². The van der Waals surface area contributed by atoms with Gasteiger partial charge in [0, 0.05) is 11.5 Å². The monoisotopic (exact) mass is 441 g/mol. The lowest BCUT2D eigenvalue weighted by Gasteiger charge is -2.39. The van der Waals surface area contributed by atoms with E-state index in [2.05, 4.69) is 20.9 Å². The summed E-state index contributed by atoms with van der Waals surface area (Å²) >= 11 is 3.25. The van der Waals surface area contributed by atoms with Crippen LogP contribution in [0.4, 0.5) is 10.2 Å². The molecule has 0 aliphatic carbocycles. The molecule has 1 aromatic heterocycles. The first-order valence-electron chi connectivity index (χ1n) is 7.53. The van der Waals surface area contributed by atoms with Crippen molar-refractivity contribution < 1.29 is 27.3 Å². The summed E-state index contributed by atoms with van der Waals surface area (Å²) in [5, 5.41) is 0.139. The number of alkyl halides is 2. The van der Waals surface area contributed by atoms with Crippen LogP contribution in [0.25, 0.3) is 0 Å². The molecule has 0 amide bonds. The van der Waals surface area contributed by atoms with Crippen molar-refractivity contribution >= 4 is 29.6 Å². The van der Waals surface area contributed by atoms with Gasteiger partial charge in [-0.1, -0.05) is 15.9 Å². The lowest BCUT2D eigenvalue weighted by atomic mass is 9.99. The number of hydrogen-bond acceptors (Lipinski definition) is 8. The normalized spacial score (nSPS) is 38.0. The highest BCUT2D eigenvalue weighted by molar-refractivity contribution is 9.09. The smallest absolute Gasteiger partial charge is 0.383 e. The summed E-state index contributed by atoms with van der Waals surface area (Å²) < 4.78 is 50.1. The molecule has 9 nitrogen and oxygen atoms in total. The van der Waals surface area contributed by atoms with E-state index in [0.29, 0.717) is 0 Å². The summed E-state index contributed by atoms with van der Waals surface area (Å²) in [4.78, 5) is 15.6. The first-order chi connectivity index (χ1) is 11.7. The number of phosphoric ester groups is 1. The van der Waals surface area contributed by atoms with Crippen LogP contribution in [0.15, 0.2) is 17.1 Å². The van der Waals surface area contributed by atoms with Crippen molar-refractivity contribution in [1.82, 2.24) is 9.55 Å². The van der Waals surface area contributed by atoms with E-state index in [4.69, 9.17) is 24.0 Å². The van der Waals surface area contributed by atoms with Crippen LogP contribution in [0.1, 0.15) is 20.1 Å². The Balaban J connectivity index is 1.93. The number of fused-ring (bicyclic) bond motifs is 1. The second kappa shape index (κ2) is 6.71. The molecule has 2 aliphatic heterocycles. The fourth-order valence-corrected chi connectivity index (χ4v) is 4.99. The summed E-state index contributed by atoms with van der Waals surface area (Å²) in [5.41, 5.74) is 3.42. The highest BCUT2D eigenvalue weighted by Gasteiger charge is 2.63. The van der Waals surface area contributed by atoms with Crippen LogP contribution in [-0.2, 0) is 22.9 Å². The standard InChI is InChI=1S/C13H18BrFN3O6P/c1-7(2)23-25(20)21-6-13(5-14)10(24-25)9(15)11(22-13)18-4-3-8(16)17-12(18)19/h3-4,7,9-11H,5-6H2,1-2H3,(H2,16,17,19)/t9-,10-,11+,13+,25?/m0/s1. The van der Waals surface area contributed by atoms with E-state index < -0.39 is 43.7 Å². The Hall–Kier alpha value is -0.840. The number of ether oxygens (including phenoxy) is 1. The first kappa shape index (κ1) is 18.9. The number of halogens is 2. The Morgan fingerprint density at radius 3 is 2.96 bits per heavy atom. The number of nitrogens with two attached hydrogens (primary N) is 1. The number of phosphoric acid groups is 1. The van der Waals surface area contributed by atoms with Crippen molar-refractivity contribution in [1.29, 1.82) is 0 Å². The first-order valence-corrected chi connectivity index (χ1v) is 10.1. The molecule has 1 aromatic rings. The number of aromatic nitrogens is 2. The summed E-state index contributed by atoms with van der Waals surface area (Å²) in [6.07, 6.45) is -3.53. The summed E-state index contributed by atoms with van der Waals surface area (Å²) in [5.74, 6) is 0.0108. The molecule has 2 N–H and O–H groups in total. The molecule has 0 aromatic carbocycles. The molecule has 2 saturated heterocycles. The lowest BCUT2D eigenvalue weighted by Crippen LogP contribution is -2.51. The molecule has 0 spiro atoms. The Bertz CT molecular complexity index is 764. The second-order valence-corrected chi connectivity index (χ2v) is 8.23. The van der Waals surface area contributed by atoms with E-state index in [1.807, 2.05) is 0 Å². The van der Waals surface area contributed by atoms with Crippen LogP contribution in [-0.4, -0.2) is 45.5 Å². The van der Waals surface area contributed by atoms with Gasteiger partial charge >= 0.3 is 13.5 Å². The quantitative estimate of drug-likeness (QED) is 0.555. The molecule has 0 radical (unpaired) electrons. The van der Waals surface area contributed by atoms with Gasteiger partial charge in [0.05, 0.1) is 12.7 Å². The Morgan fingerprint density at radius 1 is 1.64 bits per heavy atom. The number of nitrogens with zero attached hydrogens (tertiary/aromatic N) is 2. The van der Waals surface area contributed by atoms with Gasteiger partial charge in [-0.3, -0.25) is 18.1 Å². The van der Waals surface area contributed by atoms with E-state index in [0.717, 1.165) is 4.57 Å². The molecule has 1 unspecified atom stereocenters. The van der Waals surface area contributed by atoms with Crippen LogP contribution in [0.3, 0.4) is 0 Å². The molecule has 2 aliphatic rings. The van der Waals surface area contributed by atoms with Crippen molar-refractivity contribution in [2.24, 2.45) is 0 Å². The Labute approximate surface area is 151 Å². The summed E-state index contributed by atoms with van der Waals surface area (Å²) in [6, 6.07) is 1.35. The van der Waals surface area contributed by atoms with Crippen molar-refractivity contribution in [3.8, 4) is 0 Å². The largest absolute Gasteiger partial charge is 0.475 e. The molecule has 2 fully saturated rings. The average Bonchev–Trinajstić information content (AvgIpc) is 2.80. The fraction of sp³-hybridized carbons (Fsp3) is 0.692. The van der Waals surface area contributed by atoms with Gasteiger partial charge in [0.1, 0.15) is 17.5 Å². The van der Waals surface area contributed by atoms with Crippen molar-refractivity contribution in [2.45, 2.75) is 44.1 Å². The predicted octanol–water partition coefficient (Wildman–Crippen LogP) is 1.77. The third-order valence-corrected chi connectivity index (χ3v) is 6.40. The maximum Gasteiger partial charge on any atom is 0.475 e. The van der Waals surface area contributed by atoms with Crippen molar-refractivity contribution in [3.63, 3.8) is 0 Å². The number of anilines is 1. The van der Waals surface area contributed by atoms with Gasteiger partial charge in [0.15, 0.2) is 12.4 Å². The third-order valence-electron chi connectivity index (χ3n) is 3.84. The topological polar surface area (TPSA) is 115 Å². The molecule has 0 saturated carbocycles. The van der Waals surface area contributed by atoms with Crippen molar-refractivity contribution in [2.75, 3.05) is 17.7 Å². The number of nitrogen functional groups attached to an aromatic ring is 1. The molecule has 140 valence electrons. The van der Waals surface area contributed by atoms with Crippen molar-refractivity contribution in [3.05, 3.63) is 22.7 Å². The van der Waals surface area contributed by atoms with Crippen LogP contribution in [0, 0.1) is 0 Å². The molecular weight excluding hydrogens is 424 g/mol. The van der Waals surface area contributed by atoms with Crippen LogP contribution >= 0.6 is 23.8 Å². The van der Waals surface area contributed by atoms with Crippen LogP contribution in [0.2, 0.25) is 0 Å². The SMILES string of the molecule is CC(C)OP1(=O)OC[C@@]2(CBr)O[C@@H](n3ccc(N)nc3=O)[C@@H](F)[C@@H]2O1. The number of rotatable bonds is 4. The van der Waals surface area contributed by atoms with Gasteiger partial charge in [0.2, 0.25) is 0 Å². The molecule has 25 heavy (non-hydrogen) atoms. The maximum absolute atomic E-state index is 15.1. The molecular formula is C13H18BrFN3O6P. The zero-order valence-corrected chi connectivity index (χ0v) is 16.0. The van der Waals surface area contributed by atoms with E-state index >= 15 is 4.39 Å². The van der Waals surface area contributed by atoms with E-state index in [1.54, 1.807) is 13.8 Å². The predicted molar refractivity (Wildman–Crippen MR) is 89.1 cm³/mol. The van der Waals surface area contributed by atoms with E-state index in [1.165, 1.54) is 12.3 Å². The molecule has 5 atom stereocenters. The minimum atomic E-state index is -3.93. The molecule has 12 heteroatoms. The Morgan fingerprint density at radius 2 is 2.36 bits per heavy atom. The van der Waals surface area contributed by atoms with Gasteiger partial charge in [-0.2, -0.15) is 4.98 Å². The second-order valence-electron chi connectivity index (χ2n) is 6.09. The zero-order chi connectivity index (χ0) is 18.4. The van der Waals surface area contributed by atoms with E-state index in [-0.39, 0.29) is 17.8 Å². The highest BCUT2D eigenvalue weighted by Crippen LogP contribution is 2.60. The third kappa shape index (κ3) is 3.41. The highest BCUT2D eigenvalue weighted by atomic mass is 79.9. The molecule has 3 rings (SSSR count). The van der Waals surface area contributed by atoms with Gasteiger partial charge < -0.3 is 10.5 Å².